The van der Waals surface area contributed by atoms with Crippen molar-refractivity contribution in [2.24, 2.45) is 5.92 Å². The first-order chi connectivity index (χ1) is 14.1. The van der Waals surface area contributed by atoms with Gasteiger partial charge in [-0.1, -0.05) is 31.0 Å². The summed E-state index contributed by atoms with van der Waals surface area (Å²) in [4.78, 5) is 40.7. The van der Waals surface area contributed by atoms with E-state index < -0.39 is 22.3 Å². The lowest BCUT2D eigenvalue weighted by Crippen LogP contribution is -2.78. The molecule has 4 atom stereocenters. The van der Waals surface area contributed by atoms with Gasteiger partial charge in [0.2, 0.25) is 5.91 Å². The van der Waals surface area contributed by atoms with E-state index in [0.717, 1.165) is 30.6 Å². The lowest BCUT2D eigenvalue weighted by molar-refractivity contribution is -0.167. The van der Waals surface area contributed by atoms with Gasteiger partial charge in [-0.2, -0.15) is 0 Å². The SMILES string of the molecule is CC1(C)S[C@H]2N(C(=O)C2(C)NC(=O)C(Sc2ccccc2)C2CCCC2)[C@H]1C(=O)O. The van der Waals surface area contributed by atoms with E-state index in [-0.39, 0.29) is 28.4 Å². The molecule has 0 aromatic heterocycles. The van der Waals surface area contributed by atoms with Gasteiger partial charge in [0, 0.05) is 9.64 Å². The number of hydrogen-bond donors (Lipinski definition) is 2. The molecule has 2 N–H and O–H groups in total. The number of benzene rings is 1. The second-order valence-corrected chi connectivity index (χ2v) is 12.1. The Morgan fingerprint density at radius 3 is 2.43 bits per heavy atom. The lowest BCUT2D eigenvalue weighted by atomic mass is 9.85. The molecule has 0 bridgehead atoms. The molecular weight excluding hydrogens is 420 g/mol. The van der Waals surface area contributed by atoms with Crippen molar-refractivity contribution in [3.05, 3.63) is 30.3 Å². The third kappa shape index (κ3) is 3.51. The highest BCUT2D eigenvalue weighted by Crippen LogP contribution is 2.55. The molecule has 1 saturated carbocycles. The number of carbonyl (C=O) groups is 3. The van der Waals surface area contributed by atoms with Crippen LogP contribution in [0.2, 0.25) is 0 Å². The fourth-order valence-electron chi connectivity index (χ4n) is 4.93. The summed E-state index contributed by atoms with van der Waals surface area (Å²) in [6.07, 6.45) is 4.28. The number of carboxylic acid groups (broad SMARTS) is 1. The van der Waals surface area contributed by atoms with E-state index in [2.05, 4.69) is 5.32 Å². The fourth-order valence-corrected chi connectivity index (χ4v) is 7.82. The number of nitrogens with zero attached hydrogens (tertiary/aromatic N) is 1. The molecule has 162 valence electrons. The zero-order valence-corrected chi connectivity index (χ0v) is 19.1. The van der Waals surface area contributed by atoms with E-state index in [9.17, 15) is 19.5 Å². The summed E-state index contributed by atoms with van der Waals surface area (Å²) in [5.74, 6) is -1.14. The second kappa shape index (κ2) is 7.79. The number of carbonyl (C=O) groups excluding carboxylic acids is 2. The van der Waals surface area contributed by atoms with Crippen molar-refractivity contribution >= 4 is 41.3 Å². The number of amides is 2. The highest BCUT2D eigenvalue weighted by atomic mass is 32.2. The first-order valence-electron chi connectivity index (χ1n) is 10.4. The van der Waals surface area contributed by atoms with Gasteiger partial charge in [-0.15, -0.1) is 23.5 Å². The van der Waals surface area contributed by atoms with Crippen molar-refractivity contribution in [3.8, 4) is 0 Å². The molecule has 2 heterocycles. The fraction of sp³-hybridized carbons (Fsp3) is 0.591. The largest absolute Gasteiger partial charge is 0.480 e. The lowest BCUT2D eigenvalue weighted by Gasteiger charge is -2.51. The van der Waals surface area contributed by atoms with Crippen molar-refractivity contribution in [2.75, 3.05) is 0 Å². The Balaban J connectivity index is 1.54. The summed E-state index contributed by atoms with van der Waals surface area (Å²) in [5.41, 5.74) is -1.07. The highest BCUT2D eigenvalue weighted by Gasteiger charge is 2.70. The number of carboxylic acids is 1. The molecule has 30 heavy (non-hydrogen) atoms. The van der Waals surface area contributed by atoms with Crippen molar-refractivity contribution in [1.29, 1.82) is 0 Å². The predicted octanol–water partition coefficient (Wildman–Crippen LogP) is 3.36. The van der Waals surface area contributed by atoms with Crippen LogP contribution in [0, 0.1) is 5.92 Å². The Labute approximate surface area is 185 Å². The molecule has 1 aliphatic carbocycles. The number of β-lactam (4-membered cyclic amide) rings is 1. The number of aliphatic carboxylic acids is 1. The molecule has 1 aromatic rings. The van der Waals surface area contributed by atoms with Gasteiger partial charge in [-0.05, 0) is 51.7 Å². The summed E-state index contributed by atoms with van der Waals surface area (Å²) in [6, 6.07) is 9.01. The van der Waals surface area contributed by atoms with Crippen molar-refractivity contribution in [3.63, 3.8) is 0 Å². The second-order valence-electron chi connectivity index (χ2n) is 9.11. The van der Waals surface area contributed by atoms with Crippen LogP contribution in [0.3, 0.4) is 0 Å². The minimum atomic E-state index is -1.07. The maximum atomic E-state index is 13.4. The molecule has 3 aliphatic rings. The Hall–Kier alpha value is -1.67. The molecule has 4 rings (SSSR count). The van der Waals surface area contributed by atoms with Crippen LogP contribution in [0.5, 0.6) is 0 Å². The maximum Gasteiger partial charge on any atom is 0.327 e. The van der Waals surface area contributed by atoms with Gasteiger partial charge in [-0.3, -0.25) is 9.59 Å². The molecule has 1 aromatic carbocycles. The molecule has 0 spiro atoms. The summed E-state index contributed by atoms with van der Waals surface area (Å²) in [5, 5.41) is 12.1. The molecule has 6 nitrogen and oxygen atoms in total. The first kappa shape index (κ1) is 21.6. The van der Waals surface area contributed by atoms with Gasteiger partial charge >= 0.3 is 5.97 Å². The van der Waals surface area contributed by atoms with Gasteiger partial charge in [0.15, 0.2) is 0 Å². The molecule has 2 saturated heterocycles. The van der Waals surface area contributed by atoms with E-state index in [1.165, 1.54) is 16.7 Å². The first-order valence-corrected chi connectivity index (χ1v) is 12.2. The number of thioether (sulfide) groups is 2. The smallest absolute Gasteiger partial charge is 0.327 e. The van der Waals surface area contributed by atoms with E-state index in [4.69, 9.17) is 0 Å². The topological polar surface area (TPSA) is 86.7 Å². The number of fused-ring (bicyclic) bond motifs is 1. The van der Waals surface area contributed by atoms with E-state index in [1.807, 2.05) is 44.2 Å². The van der Waals surface area contributed by atoms with Gasteiger partial charge < -0.3 is 15.3 Å². The predicted molar refractivity (Wildman–Crippen MR) is 118 cm³/mol. The van der Waals surface area contributed by atoms with Crippen LogP contribution in [0.25, 0.3) is 0 Å². The Bertz CT molecular complexity index is 856. The van der Waals surface area contributed by atoms with Crippen LogP contribution in [0.4, 0.5) is 0 Å². The van der Waals surface area contributed by atoms with Crippen molar-refractivity contribution < 1.29 is 19.5 Å². The third-order valence-electron chi connectivity index (χ3n) is 6.49. The molecule has 2 aliphatic heterocycles. The number of hydrogen-bond acceptors (Lipinski definition) is 5. The molecule has 2 amide bonds. The van der Waals surface area contributed by atoms with E-state index in [1.54, 1.807) is 18.7 Å². The summed E-state index contributed by atoms with van der Waals surface area (Å²) < 4.78 is -0.613. The molecule has 0 radical (unpaired) electrons. The maximum absolute atomic E-state index is 13.4. The summed E-state index contributed by atoms with van der Waals surface area (Å²) in [6.45, 7) is 5.42. The molecular formula is C22H28N2O4S2. The molecule has 3 fully saturated rings. The molecule has 8 heteroatoms. The summed E-state index contributed by atoms with van der Waals surface area (Å²) >= 11 is 3.02. The Morgan fingerprint density at radius 1 is 1.20 bits per heavy atom. The zero-order chi connectivity index (χ0) is 21.7. The van der Waals surface area contributed by atoms with Crippen molar-refractivity contribution in [2.45, 2.75) is 78.3 Å². The number of rotatable bonds is 6. The minimum absolute atomic E-state index is 0.122. The van der Waals surface area contributed by atoms with Crippen LogP contribution in [0.1, 0.15) is 46.5 Å². The normalized spacial score (nSPS) is 31.2. The number of nitrogens with one attached hydrogen (secondary N) is 1. The molecule has 2 unspecified atom stereocenters. The van der Waals surface area contributed by atoms with Gasteiger partial charge in [0.05, 0.1) is 5.25 Å². The van der Waals surface area contributed by atoms with E-state index in [0.29, 0.717) is 0 Å². The average molecular weight is 449 g/mol. The Morgan fingerprint density at radius 2 is 1.83 bits per heavy atom. The van der Waals surface area contributed by atoms with Gasteiger partial charge in [-0.25, -0.2) is 4.79 Å². The van der Waals surface area contributed by atoms with Crippen LogP contribution >= 0.6 is 23.5 Å². The van der Waals surface area contributed by atoms with E-state index >= 15 is 0 Å². The average Bonchev–Trinajstić information content (AvgIpc) is 3.31. The minimum Gasteiger partial charge on any atom is -0.480 e. The summed E-state index contributed by atoms with van der Waals surface area (Å²) in [7, 11) is 0. The van der Waals surface area contributed by atoms with Crippen LogP contribution in [-0.2, 0) is 14.4 Å². The van der Waals surface area contributed by atoms with Gasteiger partial charge in [0.1, 0.15) is 17.0 Å². The Kier molecular flexibility index (Phi) is 5.60. The monoisotopic (exact) mass is 448 g/mol. The van der Waals surface area contributed by atoms with Gasteiger partial charge in [0.25, 0.3) is 5.91 Å². The highest BCUT2D eigenvalue weighted by molar-refractivity contribution is 8.01. The van der Waals surface area contributed by atoms with Crippen LogP contribution < -0.4 is 5.32 Å². The standard InChI is InChI=1S/C22H28N2O4S2/c1-21(2)16(18(26)27)24-19(28)22(3,20(24)30-21)23-17(25)15(13-9-7-8-10-13)29-14-11-5-4-6-12-14/h4-6,11-13,15-16,20H,7-10H2,1-3H3,(H,23,25)(H,26,27)/t15?,16-,20+,22?/m0/s1. The van der Waals surface area contributed by atoms with Crippen LogP contribution in [0.15, 0.2) is 35.2 Å². The van der Waals surface area contributed by atoms with Crippen LogP contribution in [-0.4, -0.2) is 54.7 Å². The third-order valence-corrected chi connectivity index (χ3v) is 9.64. The van der Waals surface area contributed by atoms with Crippen molar-refractivity contribution in [1.82, 2.24) is 10.2 Å². The zero-order valence-electron chi connectivity index (χ0n) is 17.5. The quantitative estimate of drug-likeness (QED) is 0.513.